The predicted molar refractivity (Wildman–Crippen MR) is 105 cm³/mol. The minimum absolute atomic E-state index is 0.218. The van der Waals surface area contributed by atoms with Crippen molar-refractivity contribution in [1.82, 2.24) is 9.97 Å². The molecule has 0 fully saturated rings. The summed E-state index contributed by atoms with van der Waals surface area (Å²) in [6.45, 7) is 5.52. The van der Waals surface area contributed by atoms with Crippen LogP contribution in [-0.4, -0.2) is 15.9 Å². The number of aromatic nitrogens is 2. The fourth-order valence-electron chi connectivity index (χ4n) is 2.51. The van der Waals surface area contributed by atoms with E-state index in [0.717, 1.165) is 16.0 Å². The SMILES string of the molecule is Cc1sc2nc([C@@H](C)OC(=O)/C=C/c3cccc(Cl)c3)[nH]c(=O)c2c1C. The van der Waals surface area contributed by atoms with Crippen LogP contribution in [0.15, 0.2) is 35.1 Å². The second kappa shape index (κ2) is 7.43. The van der Waals surface area contributed by atoms with Gasteiger partial charge in [0.1, 0.15) is 4.83 Å². The normalized spacial score (nSPS) is 12.6. The summed E-state index contributed by atoms with van der Waals surface area (Å²) in [5.41, 5.74) is 1.50. The lowest BCUT2D eigenvalue weighted by Crippen LogP contribution is -2.16. The molecule has 3 aromatic rings. The van der Waals surface area contributed by atoms with Gasteiger partial charge < -0.3 is 9.72 Å². The van der Waals surface area contributed by atoms with E-state index < -0.39 is 12.1 Å². The van der Waals surface area contributed by atoms with Gasteiger partial charge in [0.15, 0.2) is 11.9 Å². The van der Waals surface area contributed by atoms with Crippen LogP contribution in [0.4, 0.5) is 0 Å². The minimum Gasteiger partial charge on any atom is -0.451 e. The third kappa shape index (κ3) is 3.86. The number of carbonyl (C=O) groups is 1. The van der Waals surface area contributed by atoms with E-state index in [-0.39, 0.29) is 5.56 Å². The molecule has 0 saturated heterocycles. The first kappa shape index (κ1) is 18.4. The van der Waals surface area contributed by atoms with Crippen LogP contribution in [0.5, 0.6) is 0 Å². The third-order valence-electron chi connectivity index (χ3n) is 4.00. The molecule has 1 aromatic carbocycles. The lowest BCUT2D eigenvalue weighted by Gasteiger charge is -2.11. The molecule has 0 aliphatic rings. The van der Waals surface area contributed by atoms with Gasteiger partial charge in [-0.2, -0.15) is 0 Å². The molecular weight excluding hydrogens is 372 g/mol. The van der Waals surface area contributed by atoms with Gasteiger partial charge in [0.05, 0.1) is 5.39 Å². The second-order valence-corrected chi connectivity index (χ2v) is 7.52. The number of aryl methyl sites for hydroxylation is 2. The molecule has 0 aliphatic heterocycles. The van der Waals surface area contributed by atoms with E-state index in [4.69, 9.17) is 16.3 Å². The van der Waals surface area contributed by atoms with Gasteiger partial charge in [-0.15, -0.1) is 11.3 Å². The van der Waals surface area contributed by atoms with Crippen molar-refractivity contribution < 1.29 is 9.53 Å². The fourth-order valence-corrected chi connectivity index (χ4v) is 3.74. The van der Waals surface area contributed by atoms with Gasteiger partial charge in [-0.05, 0) is 50.1 Å². The Bertz CT molecular complexity index is 1070. The molecule has 0 aliphatic carbocycles. The Morgan fingerprint density at radius 1 is 1.38 bits per heavy atom. The van der Waals surface area contributed by atoms with Gasteiger partial charge in [0, 0.05) is 16.0 Å². The Hall–Kier alpha value is -2.44. The molecule has 0 saturated carbocycles. The molecule has 5 nitrogen and oxygen atoms in total. The largest absolute Gasteiger partial charge is 0.451 e. The summed E-state index contributed by atoms with van der Waals surface area (Å²) in [5, 5.41) is 1.18. The second-order valence-electron chi connectivity index (χ2n) is 5.88. The number of hydrogen-bond donors (Lipinski definition) is 1. The van der Waals surface area contributed by atoms with E-state index in [0.29, 0.717) is 21.1 Å². The van der Waals surface area contributed by atoms with E-state index in [9.17, 15) is 9.59 Å². The molecule has 1 N–H and O–H groups in total. The molecule has 26 heavy (non-hydrogen) atoms. The van der Waals surface area contributed by atoms with Crippen LogP contribution in [0.3, 0.4) is 0 Å². The number of carbonyl (C=O) groups excluding carboxylic acids is 1. The Morgan fingerprint density at radius 3 is 2.88 bits per heavy atom. The highest BCUT2D eigenvalue weighted by atomic mass is 35.5. The van der Waals surface area contributed by atoms with Crippen LogP contribution in [0, 0.1) is 13.8 Å². The Kier molecular flexibility index (Phi) is 5.25. The van der Waals surface area contributed by atoms with Gasteiger partial charge >= 0.3 is 5.97 Å². The highest BCUT2D eigenvalue weighted by molar-refractivity contribution is 7.18. The number of nitrogens with zero attached hydrogens (tertiary/aromatic N) is 1. The molecule has 0 amide bonds. The molecule has 0 bridgehead atoms. The number of esters is 1. The number of halogens is 1. The molecule has 1 atom stereocenters. The molecule has 0 spiro atoms. The molecule has 3 rings (SSSR count). The maximum absolute atomic E-state index is 12.3. The van der Waals surface area contributed by atoms with E-state index in [1.54, 1.807) is 31.2 Å². The predicted octanol–water partition coefficient (Wildman–Crippen LogP) is 4.57. The van der Waals surface area contributed by atoms with Crippen LogP contribution in [0.2, 0.25) is 5.02 Å². The topological polar surface area (TPSA) is 72.0 Å². The number of hydrogen-bond acceptors (Lipinski definition) is 5. The summed E-state index contributed by atoms with van der Waals surface area (Å²) in [7, 11) is 0. The summed E-state index contributed by atoms with van der Waals surface area (Å²) in [6, 6.07) is 7.12. The van der Waals surface area contributed by atoms with Crippen molar-refractivity contribution in [2.24, 2.45) is 0 Å². The number of ether oxygens (including phenoxy) is 1. The monoisotopic (exact) mass is 388 g/mol. The number of nitrogens with one attached hydrogen (secondary N) is 1. The minimum atomic E-state index is -0.675. The number of thiophene rings is 1. The molecule has 134 valence electrons. The van der Waals surface area contributed by atoms with E-state index >= 15 is 0 Å². The molecule has 2 aromatic heterocycles. The smallest absolute Gasteiger partial charge is 0.331 e. The zero-order valence-corrected chi connectivity index (χ0v) is 16.1. The van der Waals surface area contributed by atoms with Gasteiger partial charge in [-0.3, -0.25) is 4.79 Å². The molecule has 0 radical (unpaired) electrons. The average molecular weight is 389 g/mol. The van der Waals surface area contributed by atoms with E-state index in [1.807, 2.05) is 19.9 Å². The number of rotatable bonds is 4. The van der Waals surface area contributed by atoms with Gasteiger partial charge in [-0.1, -0.05) is 23.7 Å². The molecule has 0 unspecified atom stereocenters. The summed E-state index contributed by atoms with van der Waals surface area (Å²) < 4.78 is 5.34. The number of H-pyrrole nitrogens is 1. The number of benzene rings is 1. The molecule has 2 heterocycles. The van der Waals surface area contributed by atoms with Crippen LogP contribution in [0.25, 0.3) is 16.3 Å². The van der Waals surface area contributed by atoms with E-state index in [1.165, 1.54) is 17.4 Å². The quantitative estimate of drug-likeness (QED) is 0.524. The highest BCUT2D eigenvalue weighted by Crippen LogP contribution is 2.27. The third-order valence-corrected chi connectivity index (χ3v) is 5.33. The fraction of sp³-hybridized carbons (Fsp3) is 0.211. The number of fused-ring (bicyclic) bond motifs is 1. The Balaban J connectivity index is 1.77. The maximum Gasteiger partial charge on any atom is 0.331 e. The van der Waals surface area contributed by atoms with Crippen molar-refractivity contribution in [3.63, 3.8) is 0 Å². The lowest BCUT2D eigenvalue weighted by atomic mass is 10.2. The number of aromatic amines is 1. The van der Waals surface area contributed by atoms with Gasteiger partial charge in [0.2, 0.25) is 0 Å². The van der Waals surface area contributed by atoms with Crippen LogP contribution >= 0.6 is 22.9 Å². The van der Waals surface area contributed by atoms with Crippen molar-refractivity contribution in [3.8, 4) is 0 Å². The highest BCUT2D eigenvalue weighted by Gasteiger charge is 2.17. The summed E-state index contributed by atoms with van der Waals surface area (Å²) in [5.74, 6) is -0.202. The summed E-state index contributed by atoms with van der Waals surface area (Å²) >= 11 is 7.36. The molecular formula is C19H17ClN2O3S. The van der Waals surface area contributed by atoms with Crippen LogP contribution in [0.1, 0.15) is 34.9 Å². The average Bonchev–Trinajstić information content (AvgIpc) is 2.87. The first-order valence-corrected chi connectivity index (χ1v) is 9.19. The molecule has 7 heteroatoms. The van der Waals surface area contributed by atoms with Crippen LogP contribution in [-0.2, 0) is 9.53 Å². The Morgan fingerprint density at radius 2 is 2.15 bits per heavy atom. The van der Waals surface area contributed by atoms with Crippen molar-refractivity contribution in [2.75, 3.05) is 0 Å². The van der Waals surface area contributed by atoms with Crippen molar-refractivity contribution in [3.05, 3.63) is 67.5 Å². The van der Waals surface area contributed by atoms with Gasteiger partial charge in [-0.25, -0.2) is 9.78 Å². The van der Waals surface area contributed by atoms with Crippen LogP contribution < -0.4 is 5.56 Å². The maximum atomic E-state index is 12.3. The summed E-state index contributed by atoms with van der Waals surface area (Å²) in [4.78, 5) is 33.2. The summed E-state index contributed by atoms with van der Waals surface area (Å²) in [6.07, 6.45) is 2.26. The van der Waals surface area contributed by atoms with E-state index in [2.05, 4.69) is 9.97 Å². The zero-order valence-electron chi connectivity index (χ0n) is 14.5. The van der Waals surface area contributed by atoms with Gasteiger partial charge in [0.25, 0.3) is 5.56 Å². The lowest BCUT2D eigenvalue weighted by molar-refractivity contribution is -0.142. The van der Waals surface area contributed by atoms with Crippen molar-refractivity contribution in [1.29, 1.82) is 0 Å². The standard InChI is InChI=1S/C19H17ClN2O3S/c1-10-12(3)26-19-16(10)18(24)21-17(22-19)11(2)25-15(23)8-7-13-5-4-6-14(20)9-13/h4-9,11H,1-3H3,(H,21,22,24)/b8-7+/t11-/m1/s1. The first-order valence-electron chi connectivity index (χ1n) is 7.99. The Labute approximate surface area is 159 Å². The van der Waals surface area contributed by atoms with Crippen molar-refractivity contribution in [2.45, 2.75) is 26.9 Å². The van der Waals surface area contributed by atoms with Crippen molar-refractivity contribution >= 4 is 45.2 Å². The zero-order chi connectivity index (χ0) is 18.8. The first-order chi connectivity index (χ1) is 12.3.